The molecular formula is C13H16N4O. The topological polar surface area (TPSA) is 77.0 Å². The quantitative estimate of drug-likeness (QED) is 0.862. The summed E-state index contributed by atoms with van der Waals surface area (Å²) in [7, 11) is 0. The van der Waals surface area contributed by atoms with E-state index in [1.807, 2.05) is 6.07 Å². The van der Waals surface area contributed by atoms with Gasteiger partial charge in [0.2, 0.25) is 12.3 Å². The van der Waals surface area contributed by atoms with Crippen molar-refractivity contribution in [2.75, 3.05) is 5.32 Å². The Kier molecular flexibility index (Phi) is 2.76. The number of aryl methyl sites for hydroxylation is 1. The van der Waals surface area contributed by atoms with Gasteiger partial charge in [-0.15, -0.1) is 10.2 Å². The van der Waals surface area contributed by atoms with Crippen molar-refractivity contribution in [2.24, 2.45) is 5.73 Å². The van der Waals surface area contributed by atoms with E-state index in [9.17, 15) is 0 Å². The van der Waals surface area contributed by atoms with Gasteiger partial charge in [-0.2, -0.15) is 0 Å². The number of nitrogens with one attached hydrogen (secondary N) is 1. The highest BCUT2D eigenvalue weighted by molar-refractivity contribution is 5.62. The average molecular weight is 244 g/mol. The molecule has 0 amide bonds. The number of rotatable bonds is 3. The second kappa shape index (κ2) is 4.42. The molecule has 0 bridgehead atoms. The number of hydrogen-bond donors (Lipinski definition) is 2. The fourth-order valence-electron chi connectivity index (χ4n) is 2.26. The van der Waals surface area contributed by atoms with Gasteiger partial charge in [0.1, 0.15) is 0 Å². The Bertz CT molecular complexity index is 532. The molecule has 0 saturated heterocycles. The van der Waals surface area contributed by atoms with E-state index < -0.39 is 0 Å². The third-order valence-corrected chi connectivity index (χ3v) is 3.37. The van der Waals surface area contributed by atoms with Gasteiger partial charge in [0.25, 0.3) is 0 Å². The Morgan fingerprint density at radius 1 is 1.39 bits per heavy atom. The maximum absolute atomic E-state index is 5.78. The molecule has 1 aliphatic carbocycles. The van der Waals surface area contributed by atoms with Crippen LogP contribution in [0.2, 0.25) is 0 Å². The molecular weight excluding hydrogens is 228 g/mol. The number of nitrogens with zero attached hydrogens (tertiary/aromatic N) is 2. The zero-order valence-corrected chi connectivity index (χ0v) is 10.3. The number of anilines is 1. The lowest BCUT2D eigenvalue weighted by molar-refractivity contribution is 0.373. The summed E-state index contributed by atoms with van der Waals surface area (Å²) >= 11 is 0. The first-order valence-corrected chi connectivity index (χ1v) is 6.11. The standard InChI is InChI=1S/C13H16N4O/c1-8-4-9(13-17-15-7-18-13)2-3-12(8)16-11-5-10(14)6-11/h2-4,7,10-11,16H,5-6,14H2,1H3. The van der Waals surface area contributed by atoms with Gasteiger partial charge in [0, 0.05) is 23.3 Å². The van der Waals surface area contributed by atoms with Gasteiger partial charge in [0.05, 0.1) is 0 Å². The van der Waals surface area contributed by atoms with Gasteiger partial charge >= 0.3 is 0 Å². The van der Waals surface area contributed by atoms with E-state index in [4.69, 9.17) is 10.2 Å². The SMILES string of the molecule is Cc1cc(-c2nnco2)ccc1NC1CC(N)C1. The van der Waals surface area contributed by atoms with E-state index in [1.165, 1.54) is 12.0 Å². The monoisotopic (exact) mass is 244 g/mol. The van der Waals surface area contributed by atoms with Gasteiger partial charge in [-0.1, -0.05) is 0 Å². The molecule has 3 N–H and O–H groups in total. The van der Waals surface area contributed by atoms with Crippen molar-refractivity contribution >= 4 is 5.69 Å². The molecule has 0 aliphatic heterocycles. The highest BCUT2D eigenvalue weighted by atomic mass is 16.4. The van der Waals surface area contributed by atoms with E-state index >= 15 is 0 Å². The number of hydrogen-bond acceptors (Lipinski definition) is 5. The first-order chi connectivity index (χ1) is 8.72. The van der Waals surface area contributed by atoms with Crippen molar-refractivity contribution in [1.29, 1.82) is 0 Å². The first kappa shape index (κ1) is 11.2. The molecule has 94 valence electrons. The summed E-state index contributed by atoms with van der Waals surface area (Å²) in [5.41, 5.74) is 9.05. The molecule has 2 aromatic rings. The summed E-state index contributed by atoms with van der Waals surface area (Å²) in [6.45, 7) is 2.07. The average Bonchev–Trinajstić information content (AvgIpc) is 2.83. The zero-order chi connectivity index (χ0) is 12.5. The third-order valence-electron chi connectivity index (χ3n) is 3.37. The number of nitrogens with two attached hydrogens (primary N) is 1. The zero-order valence-electron chi connectivity index (χ0n) is 10.3. The molecule has 0 atom stereocenters. The van der Waals surface area contributed by atoms with E-state index in [-0.39, 0.29) is 0 Å². The number of aromatic nitrogens is 2. The Hall–Kier alpha value is -1.88. The maximum atomic E-state index is 5.78. The van der Waals surface area contributed by atoms with E-state index in [0.29, 0.717) is 18.0 Å². The molecule has 1 aliphatic rings. The molecule has 1 heterocycles. The lowest BCUT2D eigenvalue weighted by atomic mass is 9.87. The largest absolute Gasteiger partial charge is 0.423 e. The number of benzene rings is 1. The minimum Gasteiger partial charge on any atom is -0.423 e. The van der Waals surface area contributed by atoms with Crippen LogP contribution < -0.4 is 11.1 Å². The van der Waals surface area contributed by atoms with E-state index in [1.54, 1.807) is 0 Å². The van der Waals surface area contributed by atoms with Gasteiger partial charge < -0.3 is 15.5 Å². The van der Waals surface area contributed by atoms with E-state index in [2.05, 4.69) is 34.6 Å². The summed E-state index contributed by atoms with van der Waals surface area (Å²) < 4.78 is 5.18. The summed E-state index contributed by atoms with van der Waals surface area (Å²) in [5, 5.41) is 11.1. The van der Waals surface area contributed by atoms with Crippen LogP contribution in [-0.2, 0) is 0 Å². The van der Waals surface area contributed by atoms with E-state index in [0.717, 1.165) is 24.1 Å². The van der Waals surface area contributed by atoms with Crippen molar-refractivity contribution < 1.29 is 4.42 Å². The Balaban J connectivity index is 1.77. The molecule has 1 aromatic heterocycles. The molecule has 1 saturated carbocycles. The summed E-state index contributed by atoms with van der Waals surface area (Å²) in [5.74, 6) is 0.551. The fraction of sp³-hybridized carbons (Fsp3) is 0.385. The molecule has 1 aromatic carbocycles. The smallest absolute Gasteiger partial charge is 0.247 e. The third kappa shape index (κ3) is 2.09. The van der Waals surface area contributed by atoms with Gasteiger partial charge in [-0.3, -0.25) is 0 Å². The van der Waals surface area contributed by atoms with Crippen LogP contribution in [0.3, 0.4) is 0 Å². The second-order valence-electron chi connectivity index (χ2n) is 4.85. The molecule has 5 heteroatoms. The van der Waals surface area contributed by atoms with Crippen LogP contribution in [-0.4, -0.2) is 22.3 Å². The highest BCUT2D eigenvalue weighted by Crippen LogP contribution is 2.27. The van der Waals surface area contributed by atoms with Crippen LogP contribution in [0.4, 0.5) is 5.69 Å². The predicted octanol–water partition coefficient (Wildman–Crippen LogP) is 1.95. The minimum absolute atomic E-state index is 0.362. The summed E-state index contributed by atoms with van der Waals surface area (Å²) in [6.07, 6.45) is 3.43. The van der Waals surface area contributed by atoms with Crippen molar-refractivity contribution in [1.82, 2.24) is 10.2 Å². The van der Waals surface area contributed by atoms with Crippen LogP contribution in [0.1, 0.15) is 18.4 Å². The molecule has 0 radical (unpaired) electrons. The first-order valence-electron chi connectivity index (χ1n) is 6.11. The highest BCUT2D eigenvalue weighted by Gasteiger charge is 2.25. The molecule has 3 rings (SSSR count). The van der Waals surface area contributed by atoms with Gasteiger partial charge in [0.15, 0.2) is 0 Å². The Labute approximate surface area is 105 Å². The molecule has 5 nitrogen and oxygen atoms in total. The van der Waals surface area contributed by atoms with Crippen LogP contribution in [0, 0.1) is 6.92 Å². The van der Waals surface area contributed by atoms with Crippen molar-refractivity contribution in [3.05, 3.63) is 30.2 Å². The van der Waals surface area contributed by atoms with Crippen LogP contribution >= 0.6 is 0 Å². The molecule has 18 heavy (non-hydrogen) atoms. The summed E-state index contributed by atoms with van der Waals surface area (Å²) in [6, 6.07) is 6.96. The van der Waals surface area contributed by atoms with Crippen LogP contribution in [0.25, 0.3) is 11.5 Å². The van der Waals surface area contributed by atoms with Crippen molar-refractivity contribution in [3.63, 3.8) is 0 Å². The maximum Gasteiger partial charge on any atom is 0.247 e. The van der Waals surface area contributed by atoms with Gasteiger partial charge in [-0.05, 0) is 43.5 Å². The molecule has 0 spiro atoms. The van der Waals surface area contributed by atoms with Gasteiger partial charge in [-0.25, -0.2) is 0 Å². The summed E-state index contributed by atoms with van der Waals surface area (Å²) in [4.78, 5) is 0. The Morgan fingerprint density at radius 2 is 2.22 bits per heavy atom. The lowest BCUT2D eigenvalue weighted by Crippen LogP contribution is -2.44. The van der Waals surface area contributed by atoms with Crippen LogP contribution in [0.5, 0.6) is 0 Å². The lowest BCUT2D eigenvalue weighted by Gasteiger charge is -2.34. The molecule has 0 unspecified atom stereocenters. The molecule has 1 fully saturated rings. The van der Waals surface area contributed by atoms with Crippen molar-refractivity contribution in [2.45, 2.75) is 31.8 Å². The normalized spacial score (nSPS) is 22.6. The second-order valence-corrected chi connectivity index (χ2v) is 4.85. The fourth-order valence-corrected chi connectivity index (χ4v) is 2.26. The Morgan fingerprint density at radius 3 is 2.83 bits per heavy atom. The predicted molar refractivity (Wildman–Crippen MR) is 69.1 cm³/mol. The van der Waals surface area contributed by atoms with Crippen molar-refractivity contribution in [3.8, 4) is 11.5 Å². The van der Waals surface area contributed by atoms with Crippen LogP contribution in [0.15, 0.2) is 29.0 Å². The minimum atomic E-state index is 0.362.